The van der Waals surface area contributed by atoms with Gasteiger partial charge in [0, 0.05) is 72.4 Å². The Labute approximate surface area is 461 Å². The Balaban J connectivity index is 0.000000173. The number of halogens is 1. The van der Waals surface area contributed by atoms with Gasteiger partial charge >= 0.3 is 23.1 Å². The molecule has 74 heavy (non-hydrogen) atoms. The second-order valence-electron chi connectivity index (χ2n) is 19.8. The molecule has 5 fully saturated rings. The second-order valence-corrected chi connectivity index (χ2v) is 19.8. The summed E-state index contributed by atoms with van der Waals surface area (Å²) in [5.41, 5.74) is 12.8. The molecule has 2 aromatic carbocycles. The van der Waals surface area contributed by atoms with E-state index in [0.29, 0.717) is 41.9 Å². The molecule has 16 heteroatoms. The van der Waals surface area contributed by atoms with E-state index in [0.717, 1.165) is 143 Å². The van der Waals surface area contributed by atoms with E-state index in [1.165, 1.54) is 31.4 Å². The molecule has 0 amide bonds. The average Bonchev–Trinajstić information content (AvgIpc) is 3.84. The minimum absolute atomic E-state index is 0. The number of Topliss-reactive ketones (excluding diaryl/α,β-unsaturated/α-hetero) is 1. The summed E-state index contributed by atoms with van der Waals surface area (Å²) < 4.78 is 27.5. The number of nitrogens with one attached hydrogen (secondary N) is 1. The van der Waals surface area contributed by atoms with Gasteiger partial charge in [-0.15, -0.1) is 0 Å². The number of H-pyrrole nitrogens is 1. The molecule has 3 atom stereocenters. The summed E-state index contributed by atoms with van der Waals surface area (Å²) in [6, 6.07) is 19.6. The van der Waals surface area contributed by atoms with Crippen LogP contribution in [0.15, 0.2) is 74.7 Å². The van der Waals surface area contributed by atoms with Gasteiger partial charge in [-0.1, -0.05) is 42.6 Å². The fourth-order valence-electron chi connectivity index (χ4n) is 10.2. The predicted octanol–water partition coefficient (Wildman–Crippen LogP) is 8.44. The van der Waals surface area contributed by atoms with E-state index >= 15 is 0 Å². The molecule has 14 nitrogen and oxygen atoms in total. The Kier molecular flexibility index (Phi) is 19.0. The van der Waals surface area contributed by atoms with Gasteiger partial charge in [0.15, 0.2) is 11.4 Å². The Morgan fingerprint density at radius 1 is 0.743 bits per heavy atom. The molecular formula is C58H68BrMgN7O7. The average molecular weight is 1080 g/mol. The van der Waals surface area contributed by atoms with Crippen LogP contribution in [0.4, 0.5) is 5.69 Å². The fourth-order valence-corrected chi connectivity index (χ4v) is 10.2. The third-order valence-electron chi connectivity index (χ3n) is 14.2. The number of hydrogen-bond acceptors (Lipinski definition) is 13. The monoisotopic (exact) mass is 1080 g/mol. The number of carbonyl (C=O) groups excluding carboxylic acids is 1. The molecule has 0 spiro atoms. The summed E-state index contributed by atoms with van der Waals surface area (Å²) in [6.07, 6.45) is 13.5. The molecule has 6 aliphatic rings. The topological polar surface area (TPSA) is 184 Å². The zero-order chi connectivity index (χ0) is 49.2. The molecule has 3 saturated heterocycles. The van der Waals surface area contributed by atoms with Gasteiger partial charge in [-0.2, -0.15) is 18.2 Å². The second kappa shape index (κ2) is 24.8. The first-order chi connectivity index (χ1) is 34.5. The first-order valence-electron chi connectivity index (χ1n) is 25.4. The molecule has 9 heterocycles. The van der Waals surface area contributed by atoms with E-state index in [-0.39, 0.29) is 59.3 Å². The number of nitrogens with zero attached hydrogens (tertiary/aromatic N) is 6. The molecule has 2 saturated carbocycles. The number of hydrogen-bond donors (Lipinski definition) is 2. The van der Waals surface area contributed by atoms with Gasteiger partial charge in [-0.25, -0.2) is 4.98 Å². The summed E-state index contributed by atoms with van der Waals surface area (Å²) in [5.74, 6) is 3.63. The van der Waals surface area contributed by atoms with Crippen LogP contribution < -0.4 is 17.0 Å². The van der Waals surface area contributed by atoms with Crippen LogP contribution in [0.25, 0.3) is 33.3 Å². The van der Waals surface area contributed by atoms with E-state index in [9.17, 15) is 9.90 Å². The number of aromatic amines is 1. The normalized spacial score (nSPS) is 19.2. The maximum atomic E-state index is 13.2. The van der Waals surface area contributed by atoms with Crippen LogP contribution in [0.2, 0.25) is 0 Å². The number of aliphatic imine (C=N–C) groups is 1. The van der Waals surface area contributed by atoms with E-state index in [1.807, 2.05) is 84.0 Å². The van der Waals surface area contributed by atoms with Crippen molar-refractivity contribution < 1.29 is 50.1 Å². The first-order valence-corrected chi connectivity index (χ1v) is 25.4. The minimum atomic E-state index is -1.44. The molecular weight excluding hydrogens is 1010 g/mol. The third-order valence-corrected chi connectivity index (χ3v) is 14.2. The largest absolute Gasteiger partial charge is 2.00 e. The summed E-state index contributed by atoms with van der Waals surface area (Å²) in [7, 11) is 0. The van der Waals surface area contributed by atoms with Gasteiger partial charge in [-0.05, 0) is 158 Å². The van der Waals surface area contributed by atoms with E-state index in [4.69, 9.17) is 38.2 Å². The maximum Gasteiger partial charge on any atom is 2.00 e. The number of rotatable bonds is 9. The molecule has 0 radical (unpaired) electrons. The van der Waals surface area contributed by atoms with Gasteiger partial charge in [0.2, 0.25) is 0 Å². The number of ketones is 1. The number of benzene rings is 2. The number of aromatic nitrogens is 6. The van der Waals surface area contributed by atoms with E-state index < -0.39 is 11.7 Å². The van der Waals surface area contributed by atoms with Crippen molar-refractivity contribution in [3.8, 4) is 22.3 Å². The Bertz CT molecular complexity index is 3010. The van der Waals surface area contributed by atoms with Crippen molar-refractivity contribution in [1.29, 1.82) is 0 Å². The third kappa shape index (κ3) is 12.3. The van der Waals surface area contributed by atoms with Crippen molar-refractivity contribution in [1.82, 2.24) is 30.2 Å². The van der Waals surface area contributed by atoms with Gasteiger partial charge in [0.1, 0.15) is 23.4 Å². The van der Waals surface area contributed by atoms with Crippen LogP contribution >= 0.6 is 0 Å². The van der Waals surface area contributed by atoms with E-state index in [2.05, 4.69) is 38.6 Å². The molecule has 7 aromatic rings. The van der Waals surface area contributed by atoms with Crippen LogP contribution in [0.5, 0.6) is 0 Å². The summed E-state index contributed by atoms with van der Waals surface area (Å²) in [5, 5.41) is 20.8. The van der Waals surface area contributed by atoms with Crippen LogP contribution in [-0.4, -0.2) is 109 Å². The molecule has 5 aromatic heterocycles. The Morgan fingerprint density at radius 2 is 1.41 bits per heavy atom. The molecule has 13 rings (SSSR count). The maximum absolute atomic E-state index is 13.2. The first kappa shape index (κ1) is 56.8. The zero-order valence-electron chi connectivity index (χ0n) is 42.9. The summed E-state index contributed by atoms with van der Waals surface area (Å²) >= 11 is 0. The smallest absolute Gasteiger partial charge is 1.00 e. The van der Waals surface area contributed by atoms with Crippen LogP contribution in [0, 0.1) is 53.7 Å². The summed E-state index contributed by atoms with van der Waals surface area (Å²) in [6.45, 7) is 14.9. The van der Waals surface area contributed by atoms with Crippen molar-refractivity contribution in [3.63, 3.8) is 0 Å². The predicted molar refractivity (Wildman–Crippen MR) is 283 cm³/mol. The number of pyridine rings is 2. The van der Waals surface area contributed by atoms with Gasteiger partial charge < -0.3 is 55.3 Å². The number of fused-ring (bicyclic) bond motifs is 2. The van der Waals surface area contributed by atoms with Crippen molar-refractivity contribution in [3.05, 3.63) is 129 Å². The van der Waals surface area contributed by atoms with Crippen molar-refractivity contribution in [2.24, 2.45) is 10.9 Å². The Hall–Kier alpha value is -4.94. The standard InChI is InChI=1S/C26H28N4O3.C21H22N2O3.C6H6N.C4H8O.CH4.BrH.Mg/c1-14-6-4-7-21(27-14)26(31,22-8-5-11-32-22)19-12-18(23-15(2)30-33-16(23)3)13-20-24(19)29-25(28-20)17-9-10-17;1-11-19(12(2)26-23-11)14-8-15-10-17(13-5-6-13)22-20(15)16(9-14)21(24)18-4-3-7-25-18;1-6-4-2-3-5-7-6;1-2-4-5-3-1;;;/h4,6-7,12-13,17,22,31H,5,8-11H2,1-3H3,(H,28,29);8-9,13,18H,3-7,10H2,1-2H3;2-4H,1H3;1-4H2;1H4;1H;/q;;-1;;;;+2/p-1. The quantitative estimate of drug-likeness (QED) is 0.0801. The van der Waals surface area contributed by atoms with Crippen LogP contribution in [0.1, 0.15) is 145 Å². The zero-order valence-corrected chi connectivity index (χ0v) is 45.9. The molecule has 386 valence electrons. The Morgan fingerprint density at radius 3 is 1.93 bits per heavy atom. The fraction of sp³-hybridized carbons (Fsp3) is 0.466. The van der Waals surface area contributed by atoms with Gasteiger partial charge in [-0.3, -0.25) is 14.8 Å². The molecule has 4 aliphatic heterocycles. The molecule has 2 aliphatic carbocycles. The number of aliphatic hydroxyl groups is 1. The number of carbonyl (C=O) groups is 1. The molecule has 0 bridgehead atoms. The van der Waals surface area contributed by atoms with Crippen molar-refractivity contribution >= 4 is 51.3 Å². The SMILES string of the molecule is C.C1CCOC1.Cc1ccc[c-]n1.Cc1cccc(C(O)(c2cc(-c3c(C)noc3C)cc3[nH]c(C4CC4)nc23)C2CCCO2)n1.Cc1noc(C)c1-c1cc2c(c(C(=O)C3CCCO3)c1)N=C(C1CC1)C2.[Br-].[Mg+2]. The van der Waals surface area contributed by atoms with Crippen molar-refractivity contribution in [2.75, 3.05) is 26.4 Å². The van der Waals surface area contributed by atoms with Crippen LogP contribution in [0.3, 0.4) is 0 Å². The molecule has 3 unspecified atom stereocenters. The van der Waals surface area contributed by atoms with E-state index in [1.54, 1.807) is 6.07 Å². The number of ether oxygens (including phenoxy) is 3. The summed E-state index contributed by atoms with van der Waals surface area (Å²) in [4.78, 5) is 35.2. The van der Waals surface area contributed by atoms with Gasteiger partial charge in [0.05, 0.1) is 39.9 Å². The van der Waals surface area contributed by atoms with Crippen LogP contribution in [-0.2, 0) is 26.2 Å². The number of imidazole rings is 1. The minimum Gasteiger partial charge on any atom is -1.00 e. The number of aryl methyl sites for hydroxylation is 6. The van der Waals surface area contributed by atoms with Crippen molar-refractivity contribution in [2.45, 2.75) is 143 Å². The molecule has 2 N–H and O–H groups in total. The van der Waals surface area contributed by atoms with Gasteiger partial charge in [0.25, 0.3) is 0 Å².